The molecule has 20 heavy (non-hydrogen) atoms. The summed E-state index contributed by atoms with van der Waals surface area (Å²) in [6.07, 6.45) is 3.72. The number of nitrogens with zero attached hydrogens (tertiary/aromatic N) is 4. The highest BCUT2D eigenvalue weighted by Crippen LogP contribution is 2.19. The first-order chi connectivity index (χ1) is 9.56. The fourth-order valence-corrected chi connectivity index (χ4v) is 2.53. The van der Waals surface area contributed by atoms with Crippen LogP contribution >= 0.6 is 11.3 Å². The van der Waals surface area contributed by atoms with Crippen molar-refractivity contribution < 1.29 is 4.79 Å². The maximum atomic E-state index is 11.3. The van der Waals surface area contributed by atoms with Crippen LogP contribution in [0, 0.1) is 0 Å². The molecule has 2 rings (SSSR count). The van der Waals surface area contributed by atoms with Crippen LogP contribution < -0.4 is 10.2 Å². The van der Waals surface area contributed by atoms with E-state index in [0.717, 1.165) is 17.4 Å². The monoisotopic (exact) mass is 293 g/mol. The zero-order valence-corrected chi connectivity index (χ0v) is 12.7. The summed E-state index contributed by atoms with van der Waals surface area (Å²) < 4.78 is 1.90. The molecule has 6 nitrogen and oxygen atoms in total. The summed E-state index contributed by atoms with van der Waals surface area (Å²) in [6, 6.07) is 2.21. The van der Waals surface area contributed by atoms with Gasteiger partial charge in [0.05, 0.1) is 12.2 Å². The van der Waals surface area contributed by atoms with E-state index >= 15 is 0 Å². The molecule has 0 bridgehead atoms. The molecule has 2 aromatic rings. The number of nitrogens with one attached hydrogen (secondary N) is 1. The number of carbonyl (C=O) groups is 1. The number of hydrogen-bond acceptors (Lipinski definition) is 5. The fraction of sp³-hybridized carbons (Fsp3) is 0.462. The predicted molar refractivity (Wildman–Crippen MR) is 79.7 cm³/mol. The zero-order valence-electron chi connectivity index (χ0n) is 11.9. The summed E-state index contributed by atoms with van der Waals surface area (Å²) in [5, 5.41) is 10.3. The summed E-state index contributed by atoms with van der Waals surface area (Å²) >= 11 is 1.48. The Labute approximate surface area is 122 Å². The lowest BCUT2D eigenvalue weighted by Gasteiger charge is -2.13. The molecule has 0 radical (unpaired) electrons. The van der Waals surface area contributed by atoms with Gasteiger partial charge in [0, 0.05) is 44.3 Å². The van der Waals surface area contributed by atoms with E-state index in [9.17, 15) is 4.79 Å². The van der Waals surface area contributed by atoms with Crippen LogP contribution in [0.2, 0.25) is 0 Å². The lowest BCUT2D eigenvalue weighted by molar-refractivity contribution is -0.116. The second-order valence-electron chi connectivity index (χ2n) is 4.71. The Morgan fingerprint density at radius 3 is 3.05 bits per heavy atom. The zero-order chi connectivity index (χ0) is 14.5. The Morgan fingerprint density at radius 2 is 2.40 bits per heavy atom. The SMILES string of the molecule is CC(=O)N(C)c1nc(CN[C@H](C)Cn2cccn2)cs1. The Hall–Kier alpha value is -1.73. The van der Waals surface area contributed by atoms with Crippen LogP contribution in [0.5, 0.6) is 0 Å². The van der Waals surface area contributed by atoms with Gasteiger partial charge in [-0.15, -0.1) is 11.3 Å². The molecule has 2 aromatic heterocycles. The van der Waals surface area contributed by atoms with Crippen molar-refractivity contribution in [3.05, 3.63) is 29.5 Å². The Bertz CT molecular complexity index is 551. The van der Waals surface area contributed by atoms with E-state index in [-0.39, 0.29) is 5.91 Å². The quantitative estimate of drug-likeness (QED) is 0.876. The van der Waals surface area contributed by atoms with Gasteiger partial charge in [0.15, 0.2) is 5.13 Å². The molecule has 0 aromatic carbocycles. The normalized spacial score (nSPS) is 12.3. The first-order valence-corrected chi connectivity index (χ1v) is 7.33. The van der Waals surface area contributed by atoms with Crippen LogP contribution in [0.1, 0.15) is 19.5 Å². The third-order valence-electron chi connectivity index (χ3n) is 2.95. The standard InChI is InChI=1S/C13H19N5OS/c1-10(8-18-6-4-5-15-18)14-7-12-9-20-13(16-12)17(3)11(2)19/h4-6,9-10,14H,7-8H2,1-3H3/t10-/m1/s1. The van der Waals surface area contributed by atoms with Gasteiger partial charge in [-0.25, -0.2) is 4.98 Å². The molecule has 7 heteroatoms. The molecule has 0 aliphatic rings. The number of carbonyl (C=O) groups excluding carboxylic acids is 1. The average Bonchev–Trinajstić information content (AvgIpc) is 3.06. The van der Waals surface area contributed by atoms with Gasteiger partial charge >= 0.3 is 0 Å². The first kappa shape index (κ1) is 14.7. The van der Waals surface area contributed by atoms with Crippen LogP contribution in [0.25, 0.3) is 0 Å². The molecule has 0 saturated heterocycles. The second-order valence-corrected chi connectivity index (χ2v) is 5.55. The van der Waals surface area contributed by atoms with Gasteiger partial charge in [0.2, 0.25) is 5.91 Å². The molecular formula is C13H19N5OS. The van der Waals surface area contributed by atoms with Gasteiger partial charge in [-0.2, -0.15) is 5.10 Å². The average molecular weight is 293 g/mol. The Kier molecular flexibility index (Phi) is 4.86. The highest BCUT2D eigenvalue weighted by atomic mass is 32.1. The molecule has 0 spiro atoms. The van der Waals surface area contributed by atoms with Crippen LogP contribution in [0.4, 0.5) is 5.13 Å². The number of aromatic nitrogens is 3. The van der Waals surface area contributed by atoms with E-state index in [2.05, 4.69) is 22.3 Å². The summed E-state index contributed by atoms with van der Waals surface area (Å²) in [5.74, 6) is -0.00842. The smallest absolute Gasteiger partial charge is 0.225 e. The predicted octanol–water partition coefficient (Wildman–Crippen LogP) is 1.50. The van der Waals surface area contributed by atoms with E-state index in [1.54, 1.807) is 18.1 Å². The van der Waals surface area contributed by atoms with Gasteiger partial charge in [0.1, 0.15) is 0 Å². The molecule has 108 valence electrons. The maximum absolute atomic E-state index is 11.3. The van der Waals surface area contributed by atoms with Crippen LogP contribution in [-0.4, -0.2) is 33.8 Å². The van der Waals surface area contributed by atoms with E-state index < -0.39 is 0 Å². The molecular weight excluding hydrogens is 274 g/mol. The Balaban J connectivity index is 1.83. The van der Waals surface area contributed by atoms with E-state index in [1.807, 2.05) is 22.3 Å². The van der Waals surface area contributed by atoms with Gasteiger partial charge in [-0.3, -0.25) is 14.4 Å². The van der Waals surface area contributed by atoms with Crippen molar-refractivity contribution in [3.8, 4) is 0 Å². The molecule has 1 atom stereocenters. The minimum absolute atomic E-state index is 0.00842. The number of anilines is 1. The molecule has 0 unspecified atom stereocenters. The van der Waals surface area contributed by atoms with E-state index in [0.29, 0.717) is 12.6 Å². The fourth-order valence-electron chi connectivity index (χ4n) is 1.70. The van der Waals surface area contributed by atoms with Crippen molar-refractivity contribution in [1.29, 1.82) is 0 Å². The second kappa shape index (κ2) is 6.62. The first-order valence-electron chi connectivity index (χ1n) is 6.45. The third kappa shape index (κ3) is 3.88. The minimum atomic E-state index is -0.00842. The lowest BCUT2D eigenvalue weighted by atomic mass is 10.3. The highest BCUT2D eigenvalue weighted by Gasteiger charge is 2.11. The van der Waals surface area contributed by atoms with Gasteiger partial charge in [-0.05, 0) is 13.0 Å². The van der Waals surface area contributed by atoms with Crippen molar-refractivity contribution in [2.45, 2.75) is 33.0 Å². The third-order valence-corrected chi connectivity index (χ3v) is 3.92. The summed E-state index contributed by atoms with van der Waals surface area (Å²) in [7, 11) is 1.73. The van der Waals surface area contributed by atoms with Crippen molar-refractivity contribution in [3.63, 3.8) is 0 Å². The van der Waals surface area contributed by atoms with Gasteiger partial charge < -0.3 is 5.32 Å². The molecule has 1 N–H and O–H groups in total. The van der Waals surface area contributed by atoms with E-state index in [1.165, 1.54) is 18.3 Å². The minimum Gasteiger partial charge on any atom is -0.307 e. The number of thiazole rings is 1. The maximum Gasteiger partial charge on any atom is 0.225 e. The van der Waals surface area contributed by atoms with Crippen LogP contribution in [0.3, 0.4) is 0 Å². The largest absolute Gasteiger partial charge is 0.307 e. The van der Waals surface area contributed by atoms with Crippen molar-refractivity contribution in [2.75, 3.05) is 11.9 Å². The number of amides is 1. The number of hydrogen-bond donors (Lipinski definition) is 1. The van der Waals surface area contributed by atoms with Gasteiger partial charge in [-0.1, -0.05) is 0 Å². The summed E-state index contributed by atoms with van der Waals surface area (Å²) in [5.41, 5.74) is 0.949. The van der Waals surface area contributed by atoms with Crippen LogP contribution in [-0.2, 0) is 17.9 Å². The number of rotatable bonds is 6. The molecule has 0 saturated carbocycles. The van der Waals surface area contributed by atoms with E-state index in [4.69, 9.17) is 0 Å². The van der Waals surface area contributed by atoms with Crippen molar-refractivity contribution in [1.82, 2.24) is 20.1 Å². The molecule has 2 heterocycles. The summed E-state index contributed by atoms with van der Waals surface area (Å²) in [6.45, 7) is 5.14. The van der Waals surface area contributed by atoms with Crippen molar-refractivity contribution in [2.24, 2.45) is 0 Å². The van der Waals surface area contributed by atoms with Crippen molar-refractivity contribution >= 4 is 22.4 Å². The summed E-state index contributed by atoms with van der Waals surface area (Å²) in [4.78, 5) is 17.3. The molecule has 0 fully saturated rings. The molecule has 1 amide bonds. The molecule has 0 aliphatic carbocycles. The topological polar surface area (TPSA) is 63.1 Å². The Morgan fingerprint density at radius 1 is 1.60 bits per heavy atom. The van der Waals surface area contributed by atoms with Gasteiger partial charge in [0.25, 0.3) is 0 Å². The molecule has 0 aliphatic heterocycles. The lowest BCUT2D eigenvalue weighted by Crippen LogP contribution is -2.30. The highest BCUT2D eigenvalue weighted by molar-refractivity contribution is 7.14. The van der Waals surface area contributed by atoms with Crippen LogP contribution in [0.15, 0.2) is 23.8 Å².